The summed E-state index contributed by atoms with van der Waals surface area (Å²) in [6.45, 7) is 4.52. The monoisotopic (exact) mass is 273 g/mol. The first-order valence-electron chi connectivity index (χ1n) is 7.06. The van der Waals surface area contributed by atoms with Gasteiger partial charge in [-0.2, -0.15) is 0 Å². The Kier molecular flexibility index (Phi) is 3.12. The van der Waals surface area contributed by atoms with E-state index in [0.29, 0.717) is 17.1 Å². The summed E-state index contributed by atoms with van der Waals surface area (Å²) in [6.07, 6.45) is 2.38. The molecule has 3 rings (SSSR count). The molecule has 0 aliphatic heterocycles. The van der Waals surface area contributed by atoms with Crippen LogP contribution in [0, 0.1) is 11.8 Å². The minimum atomic E-state index is -0.614. The first-order chi connectivity index (χ1) is 9.52. The van der Waals surface area contributed by atoms with Crippen LogP contribution >= 0.6 is 0 Å². The fraction of sp³-hybridized carbons (Fsp3) is 0.467. The molecule has 3 N–H and O–H groups in total. The Labute approximate surface area is 116 Å². The Hall–Kier alpha value is -2.04. The maximum Gasteiger partial charge on any atom is 0.314 e. The van der Waals surface area contributed by atoms with Crippen molar-refractivity contribution in [3.05, 3.63) is 38.9 Å². The van der Waals surface area contributed by atoms with E-state index < -0.39 is 11.1 Å². The molecule has 0 saturated heterocycles. The lowest BCUT2D eigenvalue weighted by molar-refractivity contribution is 0.212. The lowest BCUT2D eigenvalue weighted by Crippen LogP contribution is -2.37. The van der Waals surface area contributed by atoms with Crippen LogP contribution in [0.1, 0.15) is 26.7 Å². The van der Waals surface area contributed by atoms with Crippen molar-refractivity contribution in [1.29, 1.82) is 0 Å². The highest BCUT2D eigenvalue weighted by Crippen LogP contribution is 2.35. The molecule has 0 bridgehead atoms. The van der Waals surface area contributed by atoms with E-state index in [2.05, 4.69) is 29.1 Å². The van der Waals surface area contributed by atoms with E-state index in [1.54, 1.807) is 0 Å². The van der Waals surface area contributed by atoms with Gasteiger partial charge in [-0.15, -0.1) is 0 Å². The number of hydrogen-bond acceptors (Lipinski definition) is 3. The number of aromatic amines is 2. The quantitative estimate of drug-likeness (QED) is 0.749. The highest BCUT2D eigenvalue weighted by Gasteiger charge is 2.30. The van der Waals surface area contributed by atoms with Gasteiger partial charge in [-0.05, 0) is 42.9 Å². The first-order valence-corrected chi connectivity index (χ1v) is 7.06. The molecule has 1 saturated carbocycles. The van der Waals surface area contributed by atoms with E-state index in [1.165, 1.54) is 12.8 Å². The second kappa shape index (κ2) is 4.81. The molecule has 0 radical (unpaired) electrons. The van der Waals surface area contributed by atoms with Crippen molar-refractivity contribution < 1.29 is 0 Å². The van der Waals surface area contributed by atoms with Crippen LogP contribution in [0.2, 0.25) is 0 Å². The largest absolute Gasteiger partial charge is 0.382 e. The summed E-state index contributed by atoms with van der Waals surface area (Å²) in [5.41, 5.74) is 1.05. The zero-order valence-corrected chi connectivity index (χ0v) is 11.7. The molecule has 0 amide bonds. The molecular weight excluding hydrogens is 254 g/mol. The van der Waals surface area contributed by atoms with Gasteiger partial charge >= 0.3 is 11.1 Å². The normalized spacial score (nSPS) is 21.9. The smallest absolute Gasteiger partial charge is 0.314 e. The molecule has 1 aliphatic rings. The van der Waals surface area contributed by atoms with Crippen LogP contribution in [0.15, 0.2) is 27.8 Å². The molecule has 1 aromatic carbocycles. The maximum absolute atomic E-state index is 11.3. The van der Waals surface area contributed by atoms with Gasteiger partial charge in [0.15, 0.2) is 0 Å². The summed E-state index contributed by atoms with van der Waals surface area (Å²) in [5, 5.41) is 3.48. The summed E-state index contributed by atoms with van der Waals surface area (Å²) < 4.78 is 0. The van der Waals surface area contributed by atoms with Gasteiger partial charge in [0.2, 0.25) is 0 Å². The number of hydrogen-bond donors (Lipinski definition) is 3. The third-order valence-corrected chi connectivity index (χ3v) is 4.21. The Bertz CT molecular complexity index is 739. The molecule has 1 aromatic heterocycles. The second-order valence-electron chi connectivity index (χ2n) is 5.99. The molecule has 0 spiro atoms. The molecule has 1 fully saturated rings. The predicted molar refractivity (Wildman–Crippen MR) is 80.2 cm³/mol. The summed E-state index contributed by atoms with van der Waals surface area (Å²) in [6, 6.07) is 6.12. The lowest BCUT2D eigenvalue weighted by atomic mass is 9.73. The predicted octanol–water partition coefficient (Wildman–Crippen LogP) is 2.06. The van der Waals surface area contributed by atoms with Crippen molar-refractivity contribution >= 4 is 16.7 Å². The number of benzene rings is 1. The first kappa shape index (κ1) is 13.0. The average Bonchev–Trinajstić information content (AvgIpc) is 2.34. The molecule has 0 unspecified atom stereocenters. The van der Waals surface area contributed by atoms with Crippen LogP contribution in [0.5, 0.6) is 0 Å². The number of H-pyrrole nitrogens is 2. The highest BCUT2D eigenvalue weighted by molar-refractivity contribution is 5.78. The summed E-state index contributed by atoms with van der Waals surface area (Å²) in [7, 11) is 0. The summed E-state index contributed by atoms with van der Waals surface area (Å²) >= 11 is 0. The maximum atomic E-state index is 11.3. The van der Waals surface area contributed by atoms with E-state index in [-0.39, 0.29) is 0 Å². The van der Waals surface area contributed by atoms with E-state index in [4.69, 9.17) is 0 Å². The van der Waals surface area contributed by atoms with Crippen LogP contribution in [-0.4, -0.2) is 16.0 Å². The van der Waals surface area contributed by atoms with Gasteiger partial charge in [0.25, 0.3) is 0 Å². The summed E-state index contributed by atoms with van der Waals surface area (Å²) in [4.78, 5) is 27.7. The Morgan fingerprint density at radius 3 is 2.40 bits per heavy atom. The van der Waals surface area contributed by atoms with Gasteiger partial charge in [-0.25, -0.2) is 0 Å². The number of rotatable bonds is 3. The van der Waals surface area contributed by atoms with Crippen LogP contribution in [0.4, 0.5) is 5.69 Å². The number of anilines is 1. The molecule has 1 aliphatic carbocycles. The molecule has 0 atom stereocenters. The Morgan fingerprint density at radius 2 is 1.75 bits per heavy atom. The Balaban J connectivity index is 1.78. The van der Waals surface area contributed by atoms with Gasteiger partial charge in [0.1, 0.15) is 0 Å². The van der Waals surface area contributed by atoms with Crippen LogP contribution in [0.3, 0.4) is 0 Å². The molecule has 1 heterocycles. The number of fused-ring (bicyclic) bond motifs is 1. The zero-order valence-electron chi connectivity index (χ0n) is 11.7. The zero-order chi connectivity index (χ0) is 14.3. The van der Waals surface area contributed by atoms with Gasteiger partial charge in [0.05, 0.1) is 11.0 Å². The van der Waals surface area contributed by atoms with Crippen molar-refractivity contribution in [2.24, 2.45) is 11.8 Å². The van der Waals surface area contributed by atoms with Gasteiger partial charge < -0.3 is 15.3 Å². The molecule has 5 nitrogen and oxygen atoms in total. The third-order valence-electron chi connectivity index (χ3n) is 4.21. The summed E-state index contributed by atoms with van der Waals surface area (Å²) in [5.74, 6) is 1.55. The number of aromatic nitrogens is 2. The Morgan fingerprint density at radius 1 is 1.10 bits per heavy atom. The second-order valence-corrected chi connectivity index (χ2v) is 5.99. The van der Waals surface area contributed by atoms with Crippen molar-refractivity contribution in [2.75, 3.05) is 5.32 Å². The molecular formula is C15H19N3O2. The number of nitrogens with one attached hydrogen (secondary N) is 3. The average molecular weight is 273 g/mol. The van der Waals surface area contributed by atoms with Gasteiger partial charge in [0, 0.05) is 11.7 Å². The van der Waals surface area contributed by atoms with Crippen molar-refractivity contribution in [3.63, 3.8) is 0 Å². The van der Waals surface area contributed by atoms with Gasteiger partial charge in [-0.3, -0.25) is 9.59 Å². The molecule has 2 aromatic rings. The molecule has 5 heteroatoms. The molecule has 20 heavy (non-hydrogen) atoms. The minimum absolute atomic E-state index is 0.509. The van der Waals surface area contributed by atoms with Crippen molar-refractivity contribution in [3.8, 4) is 0 Å². The molecule has 106 valence electrons. The van der Waals surface area contributed by atoms with Crippen molar-refractivity contribution in [2.45, 2.75) is 32.7 Å². The minimum Gasteiger partial charge on any atom is -0.382 e. The highest BCUT2D eigenvalue weighted by atomic mass is 16.2. The SMILES string of the molecule is CC(C)C1CC(Nc2ccc3[nH]c(=O)c(=O)[nH]c3c2)C1. The fourth-order valence-corrected chi connectivity index (χ4v) is 2.76. The third kappa shape index (κ3) is 2.35. The lowest BCUT2D eigenvalue weighted by Gasteiger charge is -2.39. The fourth-order valence-electron chi connectivity index (χ4n) is 2.76. The van der Waals surface area contributed by atoms with E-state index >= 15 is 0 Å². The van der Waals surface area contributed by atoms with Crippen molar-refractivity contribution in [1.82, 2.24) is 9.97 Å². The topological polar surface area (TPSA) is 77.8 Å². The van der Waals surface area contributed by atoms with Gasteiger partial charge in [-0.1, -0.05) is 13.8 Å². The van der Waals surface area contributed by atoms with E-state index in [0.717, 1.165) is 17.5 Å². The van der Waals surface area contributed by atoms with Crippen LogP contribution in [0.25, 0.3) is 11.0 Å². The van der Waals surface area contributed by atoms with Crippen LogP contribution in [-0.2, 0) is 0 Å². The van der Waals surface area contributed by atoms with E-state index in [9.17, 15) is 9.59 Å². The van der Waals surface area contributed by atoms with Crippen LogP contribution < -0.4 is 16.4 Å². The van der Waals surface area contributed by atoms with E-state index in [1.807, 2.05) is 18.2 Å². The standard InChI is InChI=1S/C15H19N3O2/c1-8(2)9-5-11(6-9)16-10-3-4-12-13(7-10)18-15(20)14(19)17-12/h3-4,7-9,11,16H,5-6H2,1-2H3,(H,17,19)(H,18,20).